The van der Waals surface area contributed by atoms with Gasteiger partial charge in [-0.1, -0.05) is 33.6 Å². The summed E-state index contributed by atoms with van der Waals surface area (Å²) in [4.78, 5) is 0. The van der Waals surface area contributed by atoms with E-state index in [4.69, 9.17) is 21.1 Å². The highest BCUT2D eigenvalue weighted by atomic mass is 79.9. The summed E-state index contributed by atoms with van der Waals surface area (Å²) in [6, 6.07) is 8.48. The summed E-state index contributed by atoms with van der Waals surface area (Å²) >= 11 is 9.22. The molecule has 0 spiro atoms. The first-order valence-corrected chi connectivity index (χ1v) is 7.32. The van der Waals surface area contributed by atoms with Crippen LogP contribution in [0, 0.1) is 5.82 Å². The van der Waals surface area contributed by atoms with Gasteiger partial charge < -0.3 is 14.8 Å². The van der Waals surface area contributed by atoms with Gasteiger partial charge in [0.15, 0.2) is 17.3 Å². The Kier molecular flexibility index (Phi) is 5.31. The Morgan fingerprint density at radius 2 is 1.86 bits per heavy atom. The topological polar surface area (TPSA) is 30.5 Å². The fraction of sp³-hybridized carbons (Fsp3) is 0.200. The molecule has 0 heterocycles. The second kappa shape index (κ2) is 7.00. The number of ether oxygens (including phenoxy) is 2. The molecule has 112 valence electrons. The molecular weight excluding hydrogens is 361 g/mol. The Morgan fingerprint density at radius 3 is 2.52 bits per heavy atom. The molecule has 0 atom stereocenters. The molecule has 1 N–H and O–H groups in total. The molecule has 0 aliphatic heterocycles. The number of benzene rings is 2. The summed E-state index contributed by atoms with van der Waals surface area (Å²) in [5, 5.41) is 3.10. The lowest BCUT2D eigenvalue weighted by Crippen LogP contribution is -2.03. The monoisotopic (exact) mass is 373 g/mol. The summed E-state index contributed by atoms with van der Waals surface area (Å²) in [5.41, 5.74) is 1.26. The molecule has 6 heteroatoms. The molecule has 0 saturated carbocycles. The van der Waals surface area contributed by atoms with Crippen molar-refractivity contribution in [2.24, 2.45) is 0 Å². The maximum absolute atomic E-state index is 13.8. The van der Waals surface area contributed by atoms with Crippen LogP contribution in [0.1, 0.15) is 5.56 Å². The van der Waals surface area contributed by atoms with Crippen molar-refractivity contribution in [3.05, 3.63) is 51.2 Å². The van der Waals surface area contributed by atoms with E-state index in [1.54, 1.807) is 26.4 Å². The van der Waals surface area contributed by atoms with Crippen molar-refractivity contribution in [3.8, 4) is 11.5 Å². The standard InChI is InChI=1S/C15H14BrClFNO2/c1-20-13-6-9(10(16)7-14(13)21-2)8-19-12-5-3-4-11(17)15(12)18/h3-7,19H,8H2,1-2H3. The molecule has 0 aliphatic rings. The van der Waals surface area contributed by atoms with E-state index in [1.807, 2.05) is 12.1 Å². The number of hydrogen-bond donors (Lipinski definition) is 1. The average molecular weight is 375 g/mol. The Balaban J connectivity index is 2.22. The molecule has 0 unspecified atom stereocenters. The Hall–Kier alpha value is -1.46. The summed E-state index contributed by atoms with van der Waals surface area (Å²) < 4.78 is 25.1. The molecule has 0 fully saturated rings. The van der Waals surface area contributed by atoms with Gasteiger partial charge in [-0.3, -0.25) is 0 Å². The molecule has 0 aromatic heterocycles. The molecule has 0 bridgehead atoms. The molecule has 0 aliphatic carbocycles. The van der Waals surface area contributed by atoms with E-state index in [0.29, 0.717) is 23.7 Å². The van der Waals surface area contributed by atoms with Crippen LogP contribution in [-0.4, -0.2) is 14.2 Å². The van der Waals surface area contributed by atoms with Crippen molar-refractivity contribution in [1.82, 2.24) is 0 Å². The van der Waals surface area contributed by atoms with E-state index in [-0.39, 0.29) is 5.02 Å². The first-order chi connectivity index (χ1) is 10.1. The zero-order chi connectivity index (χ0) is 15.4. The van der Waals surface area contributed by atoms with Gasteiger partial charge in [-0.25, -0.2) is 4.39 Å². The van der Waals surface area contributed by atoms with Crippen molar-refractivity contribution in [3.63, 3.8) is 0 Å². The first kappa shape index (κ1) is 15.9. The van der Waals surface area contributed by atoms with Crippen LogP contribution in [0.25, 0.3) is 0 Å². The van der Waals surface area contributed by atoms with Crippen molar-refractivity contribution >= 4 is 33.2 Å². The fourth-order valence-electron chi connectivity index (χ4n) is 1.86. The normalized spacial score (nSPS) is 10.3. The molecule has 0 saturated heterocycles. The smallest absolute Gasteiger partial charge is 0.164 e. The maximum Gasteiger partial charge on any atom is 0.164 e. The molecule has 21 heavy (non-hydrogen) atoms. The molecule has 0 radical (unpaired) electrons. The van der Waals surface area contributed by atoms with Crippen LogP contribution in [-0.2, 0) is 6.54 Å². The Labute approximate surface area is 136 Å². The zero-order valence-electron chi connectivity index (χ0n) is 11.5. The third-order valence-electron chi connectivity index (χ3n) is 2.97. The van der Waals surface area contributed by atoms with Gasteiger partial charge in [0.05, 0.1) is 24.9 Å². The highest BCUT2D eigenvalue weighted by molar-refractivity contribution is 9.10. The number of hydrogen-bond acceptors (Lipinski definition) is 3. The molecule has 3 nitrogen and oxygen atoms in total. The van der Waals surface area contributed by atoms with Gasteiger partial charge in [-0.2, -0.15) is 0 Å². The second-order valence-electron chi connectivity index (χ2n) is 4.25. The SMILES string of the molecule is COc1cc(Br)c(CNc2cccc(Cl)c2F)cc1OC. The summed E-state index contributed by atoms with van der Waals surface area (Å²) in [7, 11) is 3.14. The highest BCUT2D eigenvalue weighted by Crippen LogP contribution is 2.34. The molecule has 2 aromatic rings. The van der Waals surface area contributed by atoms with Crippen LogP contribution in [0.2, 0.25) is 5.02 Å². The molecule has 2 aromatic carbocycles. The van der Waals surface area contributed by atoms with Crippen molar-refractivity contribution in [2.45, 2.75) is 6.54 Å². The van der Waals surface area contributed by atoms with E-state index < -0.39 is 5.82 Å². The first-order valence-electron chi connectivity index (χ1n) is 6.15. The third kappa shape index (κ3) is 3.60. The number of rotatable bonds is 5. The Morgan fingerprint density at radius 1 is 1.19 bits per heavy atom. The van der Waals surface area contributed by atoms with Crippen molar-refractivity contribution in [1.29, 1.82) is 0 Å². The lowest BCUT2D eigenvalue weighted by Gasteiger charge is -2.13. The summed E-state index contributed by atoms with van der Waals surface area (Å²) in [5.74, 6) is 0.780. The van der Waals surface area contributed by atoms with Gasteiger partial charge in [-0.05, 0) is 29.8 Å². The third-order valence-corrected chi connectivity index (χ3v) is 4.00. The van der Waals surface area contributed by atoms with Gasteiger partial charge >= 0.3 is 0 Å². The van der Waals surface area contributed by atoms with E-state index in [9.17, 15) is 4.39 Å². The van der Waals surface area contributed by atoms with Crippen LogP contribution < -0.4 is 14.8 Å². The Bertz CT molecular complexity index is 652. The van der Waals surface area contributed by atoms with Gasteiger partial charge in [-0.15, -0.1) is 0 Å². The minimum Gasteiger partial charge on any atom is -0.493 e. The quantitative estimate of drug-likeness (QED) is 0.810. The van der Waals surface area contributed by atoms with Crippen LogP contribution in [0.15, 0.2) is 34.8 Å². The minimum absolute atomic E-state index is 0.0892. The second-order valence-corrected chi connectivity index (χ2v) is 5.52. The lowest BCUT2D eigenvalue weighted by molar-refractivity contribution is 0.354. The van der Waals surface area contributed by atoms with Gasteiger partial charge in [0.25, 0.3) is 0 Å². The van der Waals surface area contributed by atoms with Crippen LogP contribution in [0.5, 0.6) is 11.5 Å². The van der Waals surface area contributed by atoms with Gasteiger partial charge in [0, 0.05) is 11.0 Å². The molecule has 2 rings (SSSR count). The van der Waals surface area contributed by atoms with Gasteiger partial charge in [0.1, 0.15) is 0 Å². The van der Waals surface area contributed by atoms with Gasteiger partial charge in [0.2, 0.25) is 0 Å². The number of anilines is 1. The fourth-order valence-corrected chi connectivity index (χ4v) is 2.50. The predicted octanol–water partition coefficient (Wildman–Crippen LogP) is 4.87. The van der Waals surface area contributed by atoms with Crippen molar-refractivity contribution in [2.75, 3.05) is 19.5 Å². The zero-order valence-corrected chi connectivity index (χ0v) is 13.9. The largest absolute Gasteiger partial charge is 0.493 e. The number of nitrogens with one attached hydrogen (secondary N) is 1. The van der Waals surface area contributed by atoms with Crippen LogP contribution in [0.4, 0.5) is 10.1 Å². The predicted molar refractivity (Wildman–Crippen MR) is 86.0 cm³/mol. The van der Waals surface area contributed by atoms with Crippen LogP contribution >= 0.6 is 27.5 Å². The lowest BCUT2D eigenvalue weighted by atomic mass is 10.2. The van der Waals surface area contributed by atoms with Crippen molar-refractivity contribution < 1.29 is 13.9 Å². The number of halogens is 3. The highest BCUT2D eigenvalue weighted by Gasteiger charge is 2.11. The summed E-state index contributed by atoms with van der Waals surface area (Å²) in [6.07, 6.45) is 0. The van der Waals surface area contributed by atoms with E-state index in [1.165, 1.54) is 6.07 Å². The average Bonchev–Trinajstić information content (AvgIpc) is 2.49. The maximum atomic E-state index is 13.8. The van der Waals surface area contributed by atoms with E-state index in [2.05, 4.69) is 21.2 Å². The number of methoxy groups -OCH3 is 2. The minimum atomic E-state index is -0.462. The van der Waals surface area contributed by atoms with E-state index >= 15 is 0 Å². The molecule has 0 amide bonds. The molecular formula is C15H14BrClFNO2. The van der Waals surface area contributed by atoms with Crippen LogP contribution in [0.3, 0.4) is 0 Å². The summed E-state index contributed by atoms with van der Waals surface area (Å²) in [6.45, 7) is 0.415. The van der Waals surface area contributed by atoms with E-state index in [0.717, 1.165) is 10.0 Å².